The van der Waals surface area contributed by atoms with Crippen LogP contribution in [0.5, 0.6) is 5.75 Å². The molecule has 1 amide bonds. The summed E-state index contributed by atoms with van der Waals surface area (Å²) in [5.74, 6) is 0.933. The predicted octanol–water partition coefficient (Wildman–Crippen LogP) is 2.09. The number of carbonyl (C=O) groups is 1. The van der Waals surface area contributed by atoms with Crippen LogP contribution in [0.1, 0.15) is 32.3 Å². The molecule has 0 spiro atoms. The average Bonchev–Trinajstić information content (AvgIpc) is 2.39. The number of nitrogens with one attached hydrogen (secondary N) is 2. The first-order valence-corrected chi connectivity index (χ1v) is 6.89. The Morgan fingerprint density at radius 1 is 1.32 bits per heavy atom. The number of amides is 1. The van der Waals surface area contributed by atoms with Crippen LogP contribution in [0.2, 0.25) is 0 Å². The second kappa shape index (κ2) is 9.39. The van der Waals surface area contributed by atoms with Crippen LogP contribution < -0.4 is 15.4 Å². The van der Waals surface area contributed by atoms with Crippen molar-refractivity contribution in [1.82, 2.24) is 10.6 Å². The molecule has 0 aliphatic carbocycles. The molecule has 0 atom stereocenters. The molecule has 1 rings (SSSR count). The van der Waals surface area contributed by atoms with Gasteiger partial charge in [-0.3, -0.25) is 4.79 Å². The molecule has 4 nitrogen and oxygen atoms in total. The zero-order chi connectivity index (χ0) is 13.9. The molecule has 0 fully saturated rings. The van der Waals surface area contributed by atoms with Gasteiger partial charge < -0.3 is 15.4 Å². The van der Waals surface area contributed by atoms with Crippen LogP contribution >= 0.6 is 0 Å². The third kappa shape index (κ3) is 7.47. The molecule has 0 saturated heterocycles. The normalized spacial score (nSPS) is 10.2. The summed E-state index contributed by atoms with van der Waals surface area (Å²) in [6.45, 7) is 6.65. The van der Waals surface area contributed by atoms with Gasteiger partial charge in [0.25, 0.3) is 0 Å². The molecular weight excluding hydrogens is 240 g/mol. The minimum atomic E-state index is 0.00752. The number of hydrogen-bond donors (Lipinski definition) is 2. The van der Waals surface area contributed by atoms with Crippen molar-refractivity contribution in [3.8, 4) is 5.75 Å². The zero-order valence-electron chi connectivity index (χ0n) is 11.9. The summed E-state index contributed by atoms with van der Waals surface area (Å²) in [4.78, 5) is 10.7. The molecule has 0 radical (unpaired) electrons. The lowest BCUT2D eigenvalue weighted by molar-refractivity contribution is -0.118. The molecule has 0 aliphatic rings. The summed E-state index contributed by atoms with van der Waals surface area (Å²) in [5, 5.41) is 6.03. The summed E-state index contributed by atoms with van der Waals surface area (Å²) in [6, 6.07) is 8.11. The fourth-order valence-corrected chi connectivity index (χ4v) is 1.64. The van der Waals surface area contributed by atoms with E-state index < -0.39 is 0 Å². The monoisotopic (exact) mass is 264 g/mol. The van der Waals surface area contributed by atoms with Crippen molar-refractivity contribution in [2.45, 2.75) is 33.2 Å². The first-order valence-electron chi connectivity index (χ1n) is 6.89. The third-order valence-electron chi connectivity index (χ3n) is 2.67. The van der Waals surface area contributed by atoms with Crippen LogP contribution in [-0.4, -0.2) is 25.6 Å². The lowest BCUT2D eigenvalue weighted by Crippen LogP contribution is -2.29. The summed E-state index contributed by atoms with van der Waals surface area (Å²) in [6.07, 6.45) is 2.23. The third-order valence-corrected chi connectivity index (χ3v) is 2.67. The van der Waals surface area contributed by atoms with Gasteiger partial charge in [0.2, 0.25) is 5.91 Å². The second-order valence-corrected chi connectivity index (χ2v) is 4.51. The highest BCUT2D eigenvalue weighted by Gasteiger charge is 1.97. The summed E-state index contributed by atoms with van der Waals surface area (Å²) < 4.78 is 5.66. The lowest BCUT2D eigenvalue weighted by Gasteiger charge is -2.09. The van der Waals surface area contributed by atoms with Gasteiger partial charge in [-0.1, -0.05) is 25.5 Å². The molecule has 0 aromatic heterocycles. The summed E-state index contributed by atoms with van der Waals surface area (Å²) in [7, 11) is 0. The van der Waals surface area contributed by atoms with Gasteiger partial charge in [0.05, 0.1) is 6.61 Å². The Morgan fingerprint density at radius 2 is 2.16 bits per heavy atom. The number of rotatable bonds is 9. The molecule has 106 valence electrons. The highest BCUT2D eigenvalue weighted by molar-refractivity contribution is 5.72. The van der Waals surface area contributed by atoms with E-state index in [0.29, 0.717) is 6.54 Å². The van der Waals surface area contributed by atoms with Gasteiger partial charge in [0.1, 0.15) is 5.75 Å². The quantitative estimate of drug-likeness (QED) is 0.672. The van der Waals surface area contributed by atoms with Crippen LogP contribution in [0, 0.1) is 0 Å². The first kappa shape index (κ1) is 15.5. The van der Waals surface area contributed by atoms with Gasteiger partial charge in [-0.15, -0.1) is 0 Å². The first-order chi connectivity index (χ1) is 9.22. The molecule has 0 saturated carbocycles. The van der Waals surface area contributed by atoms with Crippen molar-refractivity contribution in [3.05, 3.63) is 29.8 Å². The number of benzene rings is 1. The fourth-order valence-electron chi connectivity index (χ4n) is 1.64. The second-order valence-electron chi connectivity index (χ2n) is 4.51. The van der Waals surface area contributed by atoms with Crippen LogP contribution in [0.15, 0.2) is 24.3 Å². The molecule has 0 unspecified atom stereocenters. The SMILES string of the molecule is CCCCOc1cccc(CNCCNC(C)=O)c1. The van der Waals surface area contributed by atoms with Gasteiger partial charge >= 0.3 is 0 Å². The highest BCUT2D eigenvalue weighted by atomic mass is 16.5. The van der Waals surface area contributed by atoms with E-state index in [1.54, 1.807) is 0 Å². The Balaban J connectivity index is 2.25. The van der Waals surface area contributed by atoms with Gasteiger partial charge in [0.15, 0.2) is 0 Å². The molecule has 2 N–H and O–H groups in total. The molecule has 4 heteroatoms. The molecule has 0 bridgehead atoms. The summed E-state index contributed by atoms with van der Waals surface area (Å²) in [5.41, 5.74) is 1.19. The minimum Gasteiger partial charge on any atom is -0.494 e. The molecule has 19 heavy (non-hydrogen) atoms. The van der Waals surface area contributed by atoms with Crippen molar-refractivity contribution in [3.63, 3.8) is 0 Å². The van der Waals surface area contributed by atoms with Crippen molar-refractivity contribution in [2.24, 2.45) is 0 Å². The van der Waals surface area contributed by atoms with Gasteiger partial charge in [-0.05, 0) is 24.1 Å². The molecule has 0 aliphatic heterocycles. The number of ether oxygens (including phenoxy) is 1. The van der Waals surface area contributed by atoms with Crippen LogP contribution in [-0.2, 0) is 11.3 Å². The topological polar surface area (TPSA) is 50.4 Å². The van der Waals surface area contributed by atoms with E-state index in [9.17, 15) is 4.79 Å². The summed E-state index contributed by atoms with van der Waals surface area (Å²) >= 11 is 0. The van der Waals surface area contributed by atoms with E-state index >= 15 is 0 Å². The van der Waals surface area contributed by atoms with Gasteiger partial charge in [0, 0.05) is 26.6 Å². The van der Waals surface area contributed by atoms with E-state index in [1.807, 2.05) is 12.1 Å². The van der Waals surface area contributed by atoms with E-state index in [0.717, 1.165) is 38.3 Å². The number of hydrogen-bond acceptors (Lipinski definition) is 3. The predicted molar refractivity (Wildman–Crippen MR) is 77.2 cm³/mol. The zero-order valence-corrected chi connectivity index (χ0v) is 11.9. The smallest absolute Gasteiger partial charge is 0.216 e. The van der Waals surface area contributed by atoms with Crippen molar-refractivity contribution >= 4 is 5.91 Å². The maximum Gasteiger partial charge on any atom is 0.216 e. The van der Waals surface area contributed by atoms with Gasteiger partial charge in [-0.25, -0.2) is 0 Å². The fraction of sp³-hybridized carbons (Fsp3) is 0.533. The molecule has 1 aromatic carbocycles. The lowest BCUT2D eigenvalue weighted by atomic mass is 10.2. The van der Waals surface area contributed by atoms with E-state index in [2.05, 4.69) is 29.7 Å². The van der Waals surface area contributed by atoms with Crippen LogP contribution in [0.4, 0.5) is 0 Å². The standard InChI is InChI=1S/C15H24N2O2/c1-3-4-10-19-15-7-5-6-14(11-15)12-16-8-9-17-13(2)18/h5-7,11,16H,3-4,8-10,12H2,1-2H3,(H,17,18). The Bertz CT molecular complexity index is 380. The van der Waals surface area contributed by atoms with Crippen LogP contribution in [0.25, 0.3) is 0 Å². The highest BCUT2D eigenvalue weighted by Crippen LogP contribution is 2.13. The van der Waals surface area contributed by atoms with Crippen molar-refractivity contribution in [2.75, 3.05) is 19.7 Å². The Morgan fingerprint density at radius 3 is 2.89 bits per heavy atom. The van der Waals surface area contributed by atoms with Crippen molar-refractivity contribution < 1.29 is 9.53 Å². The Labute approximate surface area is 115 Å². The van der Waals surface area contributed by atoms with E-state index in [1.165, 1.54) is 12.5 Å². The maximum absolute atomic E-state index is 10.7. The Kier molecular flexibility index (Phi) is 7.66. The number of unbranched alkanes of at least 4 members (excludes halogenated alkanes) is 1. The average molecular weight is 264 g/mol. The molecule has 1 aromatic rings. The van der Waals surface area contributed by atoms with Crippen molar-refractivity contribution in [1.29, 1.82) is 0 Å². The largest absolute Gasteiger partial charge is 0.494 e. The van der Waals surface area contributed by atoms with E-state index in [-0.39, 0.29) is 5.91 Å². The molecular formula is C15H24N2O2. The number of carbonyl (C=O) groups excluding carboxylic acids is 1. The Hall–Kier alpha value is -1.55. The van der Waals surface area contributed by atoms with Crippen LogP contribution in [0.3, 0.4) is 0 Å². The maximum atomic E-state index is 10.7. The minimum absolute atomic E-state index is 0.00752. The van der Waals surface area contributed by atoms with Gasteiger partial charge in [-0.2, -0.15) is 0 Å². The van der Waals surface area contributed by atoms with E-state index in [4.69, 9.17) is 4.74 Å². The molecule has 0 heterocycles.